The molecule has 0 aliphatic heterocycles. The Kier molecular flexibility index (Phi) is 4.21. The highest BCUT2D eigenvalue weighted by Crippen LogP contribution is 2.21. The van der Waals surface area contributed by atoms with Gasteiger partial charge in [-0.05, 0) is 34.3 Å². The molecule has 2 N–H and O–H groups in total. The van der Waals surface area contributed by atoms with Gasteiger partial charge in [-0.1, -0.05) is 0 Å². The first-order valence-electron chi connectivity index (χ1n) is 3.81. The third-order valence-electron chi connectivity index (χ3n) is 1.42. The van der Waals surface area contributed by atoms with Gasteiger partial charge in [0.2, 0.25) is 0 Å². The number of hydrogen-bond donors (Lipinski definition) is 2. The Morgan fingerprint density at radius 2 is 2.50 bits per heavy atom. The van der Waals surface area contributed by atoms with Crippen molar-refractivity contribution in [3.05, 3.63) is 20.8 Å². The van der Waals surface area contributed by atoms with Gasteiger partial charge in [0.15, 0.2) is 0 Å². The molecule has 0 fully saturated rings. The zero-order valence-corrected chi connectivity index (χ0v) is 9.28. The van der Waals surface area contributed by atoms with E-state index in [1.54, 1.807) is 18.3 Å². The molecule has 1 atom stereocenters. The number of thiophene rings is 1. The Morgan fingerprint density at radius 3 is 3.00 bits per heavy atom. The number of aliphatic hydroxyl groups excluding tert-OH is 1. The maximum atomic E-state index is 8.98. The van der Waals surface area contributed by atoms with Crippen molar-refractivity contribution in [3.8, 4) is 0 Å². The first-order valence-corrected chi connectivity index (χ1v) is 5.48. The van der Waals surface area contributed by atoms with Gasteiger partial charge < -0.3 is 10.4 Å². The van der Waals surface area contributed by atoms with Crippen molar-refractivity contribution in [3.63, 3.8) is 0 Å². The molecule has 0 amide bonds. The lowest BCUT2D eigenvalue weighted by molar-refractivity contribution is 0.191. The van der Waals surface area contributed by atoms with Gasteiger partial charge in [-0.25, -0.2) is 0 Å². The molecule has 1 rings (SSSR count). The molecule has 0 aromatic carbocycles. The smallest absolute Gasteiger partial charge is 0.0636 e. The maximum Gasteiger partial charge on any atom is 0.0636 e. The summed E-state index contributed by atoms with van der Waals surface area (Å²) in [5.41, 5.74) is 0. The van der Waals surface area contributed by atoms with Crippen LogP contribution in [0.5, 0.6) is 0 Å². The van der Waals surface area contributed by atoms with Gasteiger partial charge in [0, 0.05) is 22.4 Å². The van der Waals surface area contributed by atoms with E-state index in [9.17, 15) is 0 Å². The van der Waals surface area contributed by atoms with Crippen molar-refractivity contribution < 1.29 is 5.11 Å². The van der Waals surface area contributed by atoms with E-state index in [2.05, 4.69) is 21.2 Å². The summed E-state index contributed by atoms with van der Waals surface area (Å²) in [6, 6.07) is 2.03. The van der Waals surface area contributed by atoms with E-state index >= 15 is 0 Å². The number of aliphatic hydroxyl groups is 1. The first kappa shape index (κ1) is 10.2. The van der Waals surface area contributed by atoms with Crippen LogP contribution >= 0.6 is 27.3 Å². The van der Waals surface area contributed by atoms with Crippen LogP contribution in [-0.4, -0.2) is 17.8 Å². The molecular formula is C8H12BrNOS. The molecule has 0 aliphatic rings. The van der Waals surface area contributed by atoms with E-state index < -0.39 is 0 Å². The van der Waals surface area contributed by atoms with Gasteiger partial charge in [-0.3, -0.25) is 0 Å². The molecule has 0 bridgehead atoms. The number of hydrogen-bond acceptors (Lipinski definition) is 3. The van der Waals surface area contributed by atoms with Crippen molar-refractivity contribution in [2.45, 2.75) is 19.6 Å². The summed E-state index contributed by atoms with van der Waals surface area (Å²) in [5, 5.41) is 14.2. The van der Waals surface area contributed by atoms with Gasteiger partial charge in [0.05, 0.1) is 6.10 Å². The van der Waals surface area contributed by atoms with Gasteiger partial charge in [0.1, 0.15) is 0 Å². The highest BCUT2D eigenvalue weighted by atomic mass is 79.9. The van der Waals surface area contributed by atoms with E-state index in [0.29, 0.717) is 6.54 Å². The van der Waals surface area contributed by atoms with Crippen LogP contribution < -0.4 is 5.32 Å². The molecule has 4 heteroatoms. The molecule has 0 saturated heterocycles. The Hall–Kier alpha value is 0.100. The SMILES string of the molecule is C[C@H](O)CNCc1sccc1Br. The van der Waals surface area contributed by atoms with Crippen molar-refractivity contribution in [2.24, 2.45) is 0 Å². The second-order valence-electron chi connectivity index (χ2n) is 2.67. The maximum absolute atomic E-state index is 8.98. The molecule has 68 valence electrons. The Balaban J connectivity index is 2.29. The summed E-state index contributed by atoms with van der Waals surface area (Å²) in [5.74, 6) is 0. The zero-order valence-electron chi connectivity index (χ0n) is 6.88. The second-order valence-corrected chi connectivity index (χ2v) is 4.53. The van der Waals surface area contributed by atoms with E-state index in [1.807, 2.05) is 11.4 Å². The third kappa shape index (κ3) is 3.23. The predicted octanol–water partition coefficient (Wildman–Crippen LogP) is 1.98. The molecule has 1 heterocycles. The molecule has 2 nitrogen and oxygen atoms in total. The fourth-order valence-electron chi connectivity index (χ4n) is 0.846. The van der Waals surface area contributed by atoms with Crippen molar-refractivity contribution in [1.82, 2.24) is 5.32 Å². The van der Waals surface area contributed by atoms with Gasteiger partial charge in [-0.2, -0.15) is 0 Å². The van der Waals surface area contributed by atoms with Crippen LogP contribution in [0.4, 0.5) is 0 Å². The lowest BCUT2D eigenvalue weighted by atomic mass is 10.4. The zero-order chi connectivity index (χ0) is 8.97. The predicted molar refractivity (Wildman–Crippen MR) is 55.4 cm³/mol. The number of halogens is 1. The summed E-state index contributed by atoms with van der Waals surface area (Å²) in [7, 11) is 0. The molecular weight excluding hydrogens is 238 g/mol. The largest absolute Gasteiger partial charge is 0.392 e. The average Bonchev–Trinajstić information content (AvgIpc) is 2.36. The van der Waals surface area contributed by atoms with Crippen molar-refractivity contribution in [1.29, 1.82) is 0 Å². The highest BCUT2D eigenvalue weighted by Gasteiger charge is 2.00. The number of rotatable bonds is 4. The molecule has 0 saturated carbocycles. The molecule has 12 heavy (non-hydrogen) atoms. The van der Waals surface area contributed by atoms with Crippen molar-refractivity contribution in [2.75, 3.05) is 6.54 Å². The molecule has 0 spiro atoms. The van der Waals surface area contributed by atoms with E-state index in [4.69, 9.17) is 5.11 Å². The highest BCUT2D eigenvalue weighted by molar-refractivity contribution is 9.10. The van der Waals surface area contributed by atoms with Crippen molar-refractivity contribution >= 4 is 27.3 Å². The van der Waals surface area contributed by atoms with Crippen LogP contribution in [-0.2, 0) is 6.54 Å². The van der Waals surface area contributed by atoms with Crippen LogP contribution in [0.3, 0.4) is 0 Å². The number of nitrogens with one attached hydrogen (secondary N) is 1. The van der Waals surface area contributed by atoms with E-state index in [1.165, 1.54) is 4.88 Å². The Morgan fingerprint density at radius 1 is 1.75 bits per heavy atom. The third-order valence-corrected chi connectivity index (χ3v) is 3.34. The minimum absolute atomic E-state index is 0.274. The minimum atomic E-state index is -0.274. The summed E-state index contributed by atoms with van der Waals surface area (Å²) < 4.78 is 1.14. The fourth-order valence-corrected chi connectivity index (χ4v) is 2.31. The second kappa shape index (κ2) is 4.97. The summed E-state index contributed by atoms with van der Waals surface area (Å²) in [6.07, 6.45) is -0.274. The molecule has 0 unspecified atom stereocenters. The van der Waals surface area contributed by atoms with Gasteiger partial charge in [-0.15, -0.1) is 11.3 Å². The Labute approximate surface area is 84.7 Å². The Bertz CT molecular complexity index is 237. The molecule has 1 aromatic heterocycles. The summed E-state index contributed by atoms with van der Waals surface area (Å²) in [6.45, 7) is 3.24. The monoisotopic (exact) mass is 249 g/mol. The summed E-state index contributed by atoms with van der Waals surface area (Å²) >= 11 is 5.15. The topological polar surface area (TPSA) is 32.3 Å². The lowest BCUT2D eigenvalue weighted by Crippen LogP contribution is -2.23. The fraction of sp³-hybridized carbons (Fsp3) is 0.500. The molecule has 1 aromatic rings. The standard InChI is InChI=1S/C8H12BrNOS/c1-6(11)4-10-5-8-7(9)2-3-12-8/h2-3,6,10-11H,4-5H2,1H3/t6-/m0/s1. The quantitative estimate of drug-likeness (QED) is 0.856. The summed E-state index contributed by atoms with van der Waals surface area (Å²) in [4.78, 5) is 1.27. The van der Waals surface area contributed by atoms with Crippen LogP contribution in [0, 0.1) is 0 Å². The van der Waals surface area contributed by atoms with Gasteiger partial charge >= 0.3 is 0 Å². The lowest BCUT2D eigenvalue weighted by Gasteiger charge is -2.05. The van der Waals surface area contributed by atoms with Crippen LogP contribution in [0.15, 0.2) is 15.9 Å². The van der Waals surface area contributed by atoms with Crippen LogP contribution in [0.2, 0.25) is 0 Å². The molecule has 0 radical (unpaired) electrons. The minimum Gasteiger partial charge on any atom is -0.392 e. The molecule has 0 aliphatic carbocycles. The van der Waals surface area contributed by atoms with E-state index in [-0.39, 0.29) is 6.10 Å². The normalized spacial score (nSPS) is 13.2. The van der Waals surface area contributed by atoms with Crippen LogP contribution in [0.1, 0.15) is 11.8 Å². The first-order chi connectivity index (χ1) is 5.70. The van der Waals surface area contributed by atoms with Crippen LogP contribution in [0.25, 0.3) is 0 Å². The average molecular weight is 250 g/mol. The van der Waals surface area contributed by atoms with Gasteiger partial charge in [0.25, 0.3) is 0 Å². The van der Waals surface area contributed by atoms with E-state index in [0.717, 1.165) is 11.0 Å².